The van der Waals surface area contributed by atoms with Crippen molar-refractivity contribution in [2.75, 3.05) is 6.54 Å². The lowest BCUT2D eigenvalue weighted by atomic mass is 9.96. The topological polar surface area (TPSA) is 40.5 Å². The molecule has 0 aromatic carbocycles. The third-order valence-corrected chi connectivity index (χ3v) is 3.28. The quantitative estimate of drug-likeness (QED) is 0.755. The summed E-state index contributed by atoms with van der Waals surface area (Å²) in [6, 6.07) is 1.08. The van der Waals surface area contributed by atoms with Crippen molar-refractivity contribution in [3.63, 3.8) is 0 Å². The van der Waals surface area contributed by atoms with Gasteiger partial charge in [-0.25, -0.2) is 0 Å². The molecule has 0 bridgehead atoms. The van der Waals surface area contributed by atoms with Gasteiger partial charge in [0.05, 0.1) is 5.92 Å². The van der Waals surface area contributed by atoms with Crippen LogP contribution in [0.2, 0.25) is 0 Å². The van der Waals surface area contributed by atoms with E-state index in [1.54, 1.807) is 6.92 Å². The van der Waals surface area contributed by atoms with Crippen molar-refractivity contribution >= 4 is 5.97 Å². The first-order valence-corrected chi connectivity index (χ1v) is 5.51. The predicted molar refractivity (Wildman–Crippen MR) is 56.3 cm³/mol. The van der Waals surface area contributed by atoms with Gasteiger partial charge >= 0.3 is 5.97 Å². The van der Waals surface area contributed by atoms with Crippen LogP contribution in [0.4, 0.5) is 0 Å². The summed E-state index contributed by atoms with van der Waals surface area (Å²) in [4.78, 5) is 13.1. The number of carboxylic acid groups (broad SMARTS) is 1. The van der Waals surface area contributed by atoms with Gasteiger partial charge in [-0.05, 0) is 26.7 Å². The minimum atomic E-state index is -0.685. The maximum absolute atomic E-state index is 10.8. The molecule has 1 aliphatic heterocycles. The first kappa shape index (κ1) is 11.5. The highest BCUT2D eigenvalue weighted by molar-refractivity contribution is 5.69. The van der Waals surface area contributed by atoms with Crippen molar-refractivity contribution in [1.82, 2.24) is 4.90 Å². The molecule has 1 saturated heterocycles. The van der Waals surface area contributed by atoms with E-state index in [4.69, 9.17) is 5.11 Å². The molecule has 1 heterocycles. The fourth-order valence-corrected chi connectivity index (χ4v) is 2.23. The van der Waals surface area contributed by atoms with Crippen molar-refractivity contribution in [3.8, 4) is 0 Å². The van der Waals surface area contributed by atoms with Gasteiger partial charge in [-0.1, -0.05) is 13.3 Å². The lowest BCUT2D eigenvalue weighted by molar-refractivity contribution is -0.142. The first-order valence-electron chi connectivity index (χ1n) is 5.51. The minimum Gasteiger partial charge on any atom is -0.481 e. The number of carbonyl (C=O) groups is 1. The molecule has 0 spiro atoms. The van der Waals surface area contributed by atoms with Gasteiger partial charge in [0.15, 0.2) is 0 Å². The highest BCUT2D eigenvalue weighted by Gasteiger charge is 2.27. The van der Waals surface area contributed by atoms with Crippen LogP contribution in [-0.4, -0.2) is 34.6 Å². The molecule has 0 amide bonds. The number of rotatable bonds is 3. The molecule has 1 aliphatic rings. The molecule has 0 saturated carbocycles. The van der Waals surface area contributed by atoms with Crippen LogP contribution >= 0.6 is 0 Å². The molecule has 0 aromatic heterocycles. The summed E-state index contributed by atoms with van der Waals surface area (Å²) in [5.41, 5.74) is 0. The van der Waals surface area contributed by atoms with Crippen LogP contribution < -0.4 is 0 Å². The van der Waals surface area contributed by atoms with Gasteiger partial charge in [0.1, 0.15) is 0 Å². The maximum Gasteiger partial charge on any atom is 0.307 e. The SMILES string of the molecule is CC(CN1C(C)CCCC1C)C(=O)O. The smallest absolute Gasteiger partial charge is 0.307 e. The summed E-state index contributed by atoms with van der Waals surface area (Å²) in [7, 11) is 0. The Labute approximate surface area is 86.1 Å². The monoisotopic (exact) mass is 199 g/mol. The molecule has 3 atom stereocenters. The molecule has 0 aromatic rings. The maximum atomic E-state index is 10.8. The first-order chi connectivity index (χ1) is 6.52. The van der Waals surface area contributed by atoms with Crippen LogP contribution in [0, 0.1) is 5.92 Å². The van der Waals surface area contributed by atoms with Crippen LogP contribution in [0.3, 0.4) is 0 Å². The second-order valence-electron chi connectivity index (χ2n) is 4.57. The van der Waals surface area contributed by atoms with Crippen LogP contribution in [0.25, 0.3) is 0 Å². The van der Waals surface area contributed by atoms with Gasteiger partial charge in [0.2, 0.25) is 0 Å². The minimum absolute atomic E-state index is 0.252. The molecule has 14 heavy (non-hydrogen) atoms. The summed E-state index contributed by atoms with van der Waals surface area (Å²) >= 11 is 0. The van der Waals surface area contributed by atoms with Crippen LogP contribution in [-0.2, 0) is 4.79 Å². The third kappa shape index (κ3) is 2.71. The normalized spacial score (nSPS) is 31.4. The molecule has 1 rings (SSSR count). The van der Waals surface area contributed by atoms with Crippen molar-refractivity contribution in [2.45, 2.75) is 52.1 Å². The van der Waals surface area contributed by atoms with Gasteiger partial charge in [0.25, 0.3) is 0 Å². The van der Waals surface area contributed by atoms with E-state index >= 15 is 0 Å². The Morgan fingerprint density at radius 3 is 2.36 bits per heavy atom. The lowest BCUT2D eigenvalue weighted by Crippen LogP contribution is -2.46. The Morgan fingerprint density at radius 2 is 1.93 bits per heavy atom. The number of piperidine rings is 1. The van der Waals surface area contributed by atoms with Crippen molar-refractivity contribution < 1.29 is 9.90 Å². The molecule has 0 aliphatic carbocycles. The second kappa shape index (κ2) is 4.78. The Bertz CT molecular complexity index is 195. The summed E-state index contributed by atoms with van der Waals surface area (Å²) in [5, 5.41) is 8.86. The Kier molecular flexibility index (Phi) is 3.93. The van der Waals surface area contributed by atoms with Gasteiger partial charge < -0.3 is 5.11 Å². The molecular weight excluding hydrogens is 178 g/mol. The summed E-state index contributed by atoms with van der Waals surface area (Å²) in [6.07, 6.45) is 3.69. The number of hydrogen-bond donors (Lipinski definition) is 1. The number of aliphatic carboxylic acids is 1. The van der Waals surface area contributed by atoms with Crippen molar-refractivity contribution in [1.29, 1.82) is 0 Å². The number of carboxylic acids is 1. The summed E-state index contributed by atoms with van der Waals surface area (Å²) in [5.74, 6) is -0.937. The average Bonchev–Trinajstić information content (AvgIpc) is 2.11. The van der Waals surface area contributed by atoms with E-state index in [-0.39, 0.29) is 5.92 Å². The van der Waals surface area contributed by atoms with Crippen molar-refractivity contribution in [3.05, 3.63) is 0 Å². The van der Waals surface area contributed by atoms with E-state index in [1.165, 1.54) is 19.3 Å². The Morgan fingerprint density at radius 1 is 1.43 bits per heavy atom. The number of hydrogen-bond acceptors (Lipinski definition) is 2. The average molecular weight is 199 g/mol. The number of likely N-dealkylation sites (tertiary alicyclic amines) is 1. The molecule has 1 N–H and O–H groups in total. The van der Waals surface area contributed by atoms with E-state index in [1.807, 2.05) is 0 Å². The summed E-state index contributed by atoms with van der Waals surface area (Å²) in [6.45, 7) is 6.88. The van der Waals surface area contributed by atoms with E-state index < -0.39 is 5.97 Å². The summed E-state index contributed by atoms with van der Waals surface area (Å²) < 4.78 is 0. The fourth-order valence-electron chi connectivity index (χ4n) is 2.23. The highest BCUT2D eigenvalue weighted by atomic mass is 16.4. The molecule has 3 unspecified atom stereocenters. The molecular formula is C11H21NO2. The number of nitrogens with zero attached hydrogens (tertiary/aromatic N) is 1. The van der Waals surface area contributed by atoms with Crippen molar-refractivity contribution in [2.24, 2.45) is 5.92 Å². The largest absolute Gasteiger partial charge is 0.481 e. The zero-order valence-corrected chi connectivity index (χ0v) is 9.36. The second-order valence-corrected chi connectivity index (χ2v) is 4.57. The predicted octanol–water partition coefficient (Wildman–Crippen LogP) is 1.97. The molecule has 82 valence electrons. The Hall–Kier alpha value is -0.570. The molecule has 3 heteroatoms. The molecule has 0 radical (unpaired) electrons. The van der Waals surface area contributed by atoms with Gasteiger partial charge in [-0.2, -0.15) is 0 Å². The highest BCUT2D eigenvalue weighted by Crippen LogP contribution is 2.23. The fraction of sp³-hybridized carbons (Fsp3) is 0.909. The van der Waals surface area contributed by atoms with E-state index in [2.05, 4.69) is 18.7 Å². The van der Waals surface area contributed by atoms with E-state index in [9.17, 15) is 4.79 Å². The van der Waals surface area contributed by atoms with E-state index in [0.717, 1.165) is 0 Å². The van der Waals surface area contributed by atoms with Crippen LogP contribution in [0.1, 0.15) is 40.0 Å². The zero-order valence-electron chi connectivity index (χ0n) is 9.36. The zero-order chi connectivity index (χ0) is 10.7. The Balaban J connectivity index is 2.51. The molecule has 1 fully saturated rings. The standard InChI is InChI=1S/C11H21NO2/c1-8(11(13)14)7-12-9(2)5-4-6-10(12)3/h8-10H,4-7H2,1-3H3,(H,13,14). The third-order valence-electron chi connectivity index (χ3n) is 3.28. The molecule has 3 nitrogen and oxygen atoms in total. The lowest BCUT2D eigenvalue weighted by Gasteiger charge is -2.39. The van der Waals surface area contributed by atoms with Crippen LogP contribution in [0.5, 0.6) is 0 Å². The van der Waals surface area contributed by atoms with Gasteiger partial charge in [-0.15, -0.1) is 0 Å². The van der Waals surface area contributed by atoms with E-state index in [0.29, 0.717) is 18.6 Å². The van der Waals surface area contributed by atoms with Gasteiger partial charge in [-0.3, -0.25) is 9.69 Å². The van der Waals surface area contributed by atoms with Gasteiger partial charge in [0, 0.05) is 18.6 Å². The van der Waals surface area contributed by atoms with Crippen LogP contribution in [0.15, 0.2) is 0 Å².